The number of halogens is 1. The third-order valence-corrected chi connectivity index (χ3v) is 4.34. The molecule has 5 heteroatoms. The maximum Gasteiger partial charge on any atom is 0.270 e. The van der Waals surface area contributed by atoms with E-state index in [1.54, 1.807) is 24.4 Å². The van der Waals surface area contributed by atoms with E-state index >= 15 is 0 Å². The van der Waals surface area contributed by atoms with E-state index in [0.717, 1.165) is 30.5 Å². The van der Waals surface area contributed by atoms with Gasteiger partial charge in [-0.2, -0.15) is 0 Å². The van der Waals surface area contributed by atoms with E-state index in [1.807, 2.05) is 6.07 Å². The number of carbonyl (C=O) groups excluding carboxylic acids is 1. The summed E-state index contributed by atoms with van der Waals surface area (Å²) in [5.41, 5.74) is 2.37. The van der Waals surface area contributed by atoms with Crippen molar-refractivity contribution < 1.29 is 9.18 Å². The van der Waals surface area contributed by atoms with Gasteiger partial charge in [-0.05, 0) is 49.1 Å². The molecule has 1 aromatic carbocycles. The van der Waals surface area contributed by atoms with E-state index in [0.29, 0.717) is 12.2 Å². The van der Waals surface area contributed by atoms with Gasteiger partial charge in [0.2, 0.25) is 0 Å². The van der Waals surface area contributed by atoms with Crippen LogP contribution in [0, 0.1) is 5.82 Å². The van der Waals surface area contributed by atoms with Crippen molar-refractivity contribution in [2.75, 3.05) is 11.9 Å². The molecular formula is C19H22FN3O. The van der Waals surface area contributed by atoms with Crippen LogP contribution in [-0.2, 0) is 6.42 Å². The van der Waals surface area contributed by atoms with Gasteiger partial charge in [0.1, 0.15) is 11.5 Å². The molecule has 24 heavy (non-hydrogen) atoms. The molecule has 1 saturated carbocycles. The van der Waals surface area contributed by atoms with Crippen LogP contribution in [0.25, 0.3) is 0 Å². The first-order valence-corrected chi connectivity index (χ1v) is 8.46. The van der Waals surface area contributed by atoms with Gasteiger partial charge in [0.05, 0.1) is 0 Å². The first-order valence-electron chi connectivity index (χ1n) is 8.46. The minimum Gasteiger partial charge on any atom is -0.385 e. The summed E-state index contributed by atoms with van der Waals surface area (Å²) in [4.78, 5) is 16.4. The number of anilines is 1. The third-order valence-electron chi connectivity index (χ3n) is 4.34. The minimum absolute atomic E-state index is 0.107. The smallest absolute Gasteiger partial charge is 0.270 e. The highest BCUT2D eigenvalue weighted by molar-refractivity contribution is 5.93. The largest absolute Gasteiger partial charge is 0.385 e. The van der Waals surface area contributed by atoms with Crippen LogP contribution in [0.2, 0.25) is 0 Å². The lowest BCUT2D eigenvalue weighted by Gasteiger charge is -2.12. The van der Waals surface area contributed by atoms with Crippen molar-refractivity contribution in [3.05, 3.63) is 59.7 Å². The number of nitrogens with zero attached hydrogens (tertiary/aromatic N) is 1. The summed E-state index contributed by atoms with van der Waals surface area (Å²) in [6.45, 7) is 0.708. The van der Waals surface area contributed by atoms with Crippen molar-refractivity contribution in [3.63, 3.8) is 0 Å². The molecular weight excluding hydrogens is 305 g/mol. The SMILES string of the molecule is O=C(NC1CCCC1)c1cc(NCCc2ccc(F)cc2)ccn1. The summed E-state index contributed by atoms with van der Waals surface area (Å²) in [7, 11) is 0. The Kier molecular flexibility index (Phi) is 5.41. The number of pyridine rings is 1. The Morgan fingerprint density at radius 1 is 1.17 bits per heavy atom. The van der Waals surface area contributed by atoms with Gasteiger partial charge in [-0.1, -0.05) is 25.0 Å². The maximum absolute atomic E-state index is 12.9. The molecule has 0 saturated heterocycles. The Morgan fingerprint density at radius 3 is 2.67 bits per heavy atom. The van der Waals surface area contributed by atoms with E-state index in [1.165, 1.54) is 25.0 Å². The van der Waals surface area contributed by atoms with Crippen LogP contribution >= 0.6 is 0 Å². The van der Waals surface area contributed by atoms with Crippen LogP contribution in [0.15, 0.2) is 42.6 Å². The number of hydrogen-bond acceptors (Lipinski definition) is 3. The molecule has 0 aliphatic heterocycles. The zero-order valence-corrected chi connectivity index (χ0v) is 13.6. The van der Waals surface area contributed by atoms with Crippen molar-refractivity contribution >= 4 is 11.6 Å². The van der Waals surface area contributed by atoms with Gasteiger partial charge in [-0.3, -0.25) is 9.78 Å². The number of amides is 1. The van der Waals surface area contributed by atoms with Crippen molar-refractivity contribution in [2.24, 2.45) is 0 Å². The van der Waals surface area contributed by atoms with Crippen molar-refractivity contribution in [1.82, 2.24) is 10.3 Å². The topological polar surface area (TPSA) is 54.0 Å². The number of benzene rings is 1. The number of aromatic nitrogens is 1. The average Bonchev–Trinajstić information content (AvgIpc) is 3.10. The second kappa shape index (κ2) is 7.90. The van der Waals surface area contributed by atoms with E-state index in [2.05, 4.69) is 15.6 Å². The van der Waals surface area contributed by atoms with E-state index < -0.39 is 0 Å². The monoisotopic (exact) mass is 327 g/mol. The molecule has 3 rings (SSSR count). The minimum atomic E-state index is -0.223. The molecule has 1 amide bonds. The number of carbonyl (C=O) groups is 1. The van der Waals surface area contributed by atoms with E-state index in [-0.39, 0.29) is 17.8 Å². The van der Waals surface area contributed by atoms with Gasteiger partial charge in [-0.25, -0.2) is 4.39 Å². The highest BCUT2D eigenvalue weighted by atomic mass is 19.1. The summed E-state index contributed by atoms with van der Waals surface area (Å²) >= 11 is 0. The molecule has 2 aromatic rings. The predicted molar refractivity (Wildman–Crippen MR) is 92.6 cm³/mol. The molecule has 0 atom stereocenters. The zero-order valence-electron chi connectivity index (χ0n) is 13.6. The Balaban J connectivity index is 1.52. The zero-order chi connectivity index (χ0) is 16.8. The van der Waals surface area contributed by atoms with Gasteiger partial charge in [0, 0.05) is 24.5 Å². The molecule has 1 aliphatic carbocycles. The average molecular weight is 327 g/mol. The van der Waals surface area contributed by atoms with Gasteiger partial charge < -0.3 is 10.6 Å². The molecule has 1 aliphatic rings. The second-order valence-electron chi connectivity index (χ2n) is 6.19. The number of nitrogens with one attached hydrogen (secondary N) is 2. The molecule has 1 fully saturated rings. The van der Waals surface area contributed by atoms with Crippen molar-refractivity contribution in [1.29, 1.82) is 0 Å². The molecule has 126 valence electrons. The molecule has 0 radical (unpaired) electrons. The number of hydrogen-bond donors (Lipinski definition) is 2. The molecule has 0 bridgehead atoms. The van der Waals surface area contributed by atoms with Crippen molar-refractivity contribution in [3.8, 4) is 0 Å². The van der Waals surface area contributed by atoms with Crippen LogP contribution in [0.4, 0.5) is 10.1 Å². The Bertz CT molecular complexity index is 681. The molecule has 4 nitrogen and oxygen atoms in total. The Morgan fingerprint density at radius 2 is 1.92 bits per heavy atom. The fourth-order valence-corrected chi connectivity index (χ4v) is 3.00. The lowest BCUT2D eigenvalue weighted by molar-refractivity contribution is 0.0933. The summed E-state index contributed by atoms with van der Waals surface area (Å²) in [6, 6.07) is 10.4. The Hall–Kier alpha value is -2.43. The van der Waals surface area contributed by atoms with Gasteiger partial charge in [0.25, 0.3) is 5.91 Å². The molecule has 2 N–H and O–H groups in total. The van der Waals surface area contributed by atoms with Gasteiger partial charge in [-0.15, -0.1) is 0 Å². The summed E-state index contributed by atoms with van der Waals surface area (Å²) in [6.07, 6.45) is 6.91. The fraction of sp³-hybridized carbons (Fsp3) is 0.368. The highest BCUT2D eigenvalue weighted by Gasteiger charge is 2.18. The summed E-state index contributed by atoms with van der Waals surface area (Å²) in [5.74, 6) is -0.331. The van der Waals surface area contributed by atoms with Crippen LogP contribution in [-0.4, -0.2) is 23.5 Å². The molecule has 1 heterocycles. The molecule has 0 spiro atoms. The van der Waals surface area contributed by atoms with Crippen LogP contribution in [0.3, 0.4) is 0 Å². The second-order valence-corrected chi connectivity index (χ2v) is 6.19. The van der Waals surface area contributed by atoms with Crippen LogP contribution in [0.1, 0.15) is 41.7 Å². The van der Waals surface area contributed by atoms with Crippen LogP contribution in [0.5, 0.6) is 0 Å². The predicted octanol–water partition coefficient (Wildman–Crippen LogP) is 3.55. The lowest BCUT2D eigenvalue weighted by atomic mass is 10.1. The van der Waals surface area contributed by atoms with E-state index in [9.17, 15) is 9.18 Å². The normalized spacial score (nSPS) is 14.5. The van der Waals surface area contributed by atoms with E-state index in [4.69, 9.17) is 0 Å². The first kappa shape index (κ1) is 16.4. The van der Waals surface area contributed by atoms with Crippen molar-refractivity contribution in [2.45, 2.75) is 38.1 Å². The van der Waals surface area contributed by atoms with Gasteiger partial charge in [0.15, 0.2) is 0 Å². The maximum atomic E-state index is 12.9. The summed E-state index contributed by atoms with van der Waals surface area (Å²) in [5, 5.41) is 6.33. The summed E-state index contributed by atoms with van der Waals surface area (Å²) < 4.78 is 12.9. The standard InChI is InChI=1S/C19H22FN3O/c20-15-7-5-14(6-8-15)9-11-21-17-10-12-22-18(13-17)19(24)23-16-3-1-2-4-16/h5-8,10,12-13,16H,1-4,9,11H2,(H,21,22)(H,23,24). The third kappa shape index (κ3) is 4.54. The molecule has 0 unspecified atom stereocenters. The number of rotatable bonds is 6. The molecule has 1 aromatic heterocycles. The quantitative estimate of drug-likeness (QED) is 0.853. The highest BCUT2D eigenvalue weighted by Crippen LogP contribution is 2.18. The van der Waals surface area contributed by atoms with Crippen LogP contribution < -0.4 is 10.6 Å². The first-order chi connectivity index (χ1) is 11.7. The Labute approximate surface area is 141 Å². The van der Waals surface area contributed by atoms with Gasteiger partial charge >= 0.3 is 0 Å². The fourth-order valence-electron chi connectivity index (χ4n) is 3.00. The lowest BCUT2D eigenvalue weighted by Crippen LogP contribution is -2.33.